The standard InChI is InChI=1S/C5H11NO2.H3O3PS/c1-4(5(7)8)6(2)3;1-4(2,3)5/h4H,1-3H3,(H,7,8);(H3,1,2,3,5). The lowest BCUT2D eigenvalue weighted by atomic mass is 10.3. The zero-order valence-corrected chi connectivity index (χ0v) is 9.29. The molecule has 0 heterocycles. The van der Waals surface area contributed by atoms with Gasteiger partial charge in [0, 0.05) is 0 Å². The molecule has 0 fully saturated rings. The molecule has 1 unspecified atom stereocenters. The minimum atomic E-state index is -3.81. The van der Waals surface area contributed by atoms with E-state index < -0.39 is 12.7 Å². The number of likely N-dealkylation sites (N-methyl/N-ethyl adjacent to an activating group) is 1. The Kier molecular flexibility index (Phi) is 7.62. The summed E-state index contributed by atoms with van der Waals surface area (Å²) in [6.07, 6.45) is 0. The maximum atomic E-state index is 10.1. The van der Waals surface area contributed by atoms with E-state index in [2.05, 4.69) is 11.8 Å². The summed E-state index contributed by atoms with van der Waals surface area (Å²) in [6.45, 7) is -2.16. The molecule has 0 radical (unpaired) electrons. The van der Waals surface area contributed by atoms with Crippen molar-refractivity contribution in [2.24, 2.45) is 0 Å². The molecule has 0 aliphatic carbocycles. The van der Waals surface area contributed by atoms with Gasteiger partial charge in [-0.3, -0.25) is 9.69 Å². The fourth-order valence-corrected chi connectivity index (χ4v) is 0.221. The van der Waals surface area contributed by atoms with Crippen molar-refractivity contribution in [1.29, 1.82) is 0 Å². The molecule has 0 spiro atoms. The molecule has 0 aromatic carbocycles. The predicted molar refractivity (Wildman–Crippen MR) is 51.7 cm³/mol. The molecule has 13 heavy (non-hydrogen) atoms. The van der Waals surface area contributed by atoms with Crippen LogP contribution in [0.5, 0.6) is 0 Å². The molecule has 80 valence electrons. The lowest BCUT2D eigenvalue weighted by molar-refractivity contribution is -0.141. The van der Waals surface area contributed by atoms with Crippen LogP contribution in [0.2, 0.25) is 0 Å². The van der Waals surface area contributed by atoms with Crippen molar-refractivity contribution >= 4 is 24.5 Å². The second-order valence-electron chi connectivity index (χ2n) is 2.49. The van der Waals surface area contributed by atoms with Gasteiger partial charge in [-0.15, -0.1) is 0 Å². The Morgan fingerprint density at radius 1 is 1.38 bits per heavy atom. The molecule has 0 aliphatic rings. The number of aliphatic carboxylic acids is 1. The first-order chi connectivity index (χ1) is 5.55. The summed E-state index contributed by atoms with van der Waals surface area (Å²) in [4.78, 5) is 34.4. The molecule has 0 rings (SSSR count). The first-order valence-corrected chi connectivity index (χ1v) is 5.89. The van der Waals surface area contributed by atoms with Crippen molar-refractivity contribution in [3.05, 3.63) is 0 Å². The van der Waals surface area contributed by atoms with Crippen LogP contribution in [-0.2, 0) is 16.6 Å². The predicted octanol–water partition coefficient (Wildman–Crippen LogP) is -0.791. The summed E-state index contributed by atoms with van der Waals surface area (Å²) in [5.74, 6) is -0.782. The van der Waals surface area contributed by atoms with Gasteiger partial charge in [-0.05, 0) is 32.8 Å². The van der Waals surface area contributed by atoms with Crippen LogP contribution >= 0.6 is 6.72 Å². The Balaban J connectivity index is 0. The van der Waals surface area contributed by atoms with E-state index in [0.717, 1.165) is 0 Å². The van der Waals surface area contributed by atoms with Gasteiger partial charge in [0.25, 0.3) is 0 Å². The largest absolute Gasteiger partial charge is 0.480 e. The molecule has 1 atom stereocenters. The second-order valence-corrected chi connectivity index (χ2v) is 4.99. The molecule has 0 aromatic rings. The molecule has 0 saturated carbocycles. The number of hydrogen-bond donors (Lipinski definition) is 4. The lowest BCUT2D eigenvalue weighted by Crippen LogP contribution is -2.32. The number of carboxylic acid groups (broad SMARTS) is 1. The minimum Gasteiger partial charge on any atom is -0.480 e. The van der Waals surface area contributed by atoms with Gasteiger partial charge in [0.2, 0.25) is 0 Å². The fourth-order valence-electron chi connectivity index (χ4n) is 0.221. The Morgan fingerprint density at radius 3 is 1.62 bits per heavy atom. The molecule has 0 saturated heterocycles. The van der Waals surface area contributed by atoms with Crippen molar-refractivity contribution in [3.8, 4) is 0 Å². The third kappa shape index (κ3) is 18.7. The van der Waals surface area contributed by atoms with Gasteiger partial charge in [-0.2, -0.15) is 0 Å². The van der Waals surface area contributed by atoms with E-state index in [1.165, 1.54) is 0 Å². The number of rotatable bonds is 2. The van der Waals surface area contributed by atoms with Gasteiger partial charge in [0.15, 0.2) is 0 Å². The zero-order chi connectivity index (χ0) is 11.2. The summed E-state index contributed by atoms with van der Waals surface area (Å²) in [7, 11) is 3.47. The van der Waals surface area contributed by atoms with Crippen LogP contribution in [-0.4, -0.2) is 50.8 Å². The Bertz CT molecular complexity index is 195. The molecule has 0 bridgehead atoms. The van der Waals surface area contributed by atoms with Gasteiger partial charge in [0.05, 0.1) is 0 Å². The molecule has 0 aliphatic heterocycles. The van der Waals surface area contributed by atoms with Crippen LogP contribution in [0.1, 0.15) is 6.92 Å². The molecule has 4 N–H and O–H groups in total. The van der Waals surface area contributed by atoms with Crippen molar-refractivity contribution < 1.29 is 24.6 Å². The van der Waals surface area contributed by atoms with E-state index in [0.29, 0.717) is 0 Å². The zero-order valence-electron chi connectivity index (χ0n) is 7.58. The monoisotopic (exact) mass is 231 g/mol. The van der Waals surface area contributed by atoms with E-state index in [-0.39, 0.29) is 6.04 Å². The average molecular weight is 231 g/mol. The van der Waals surface area contributed by atoms with Crippen LogP contribution in [0, 0.1) is 0 Å². The highest BCUT2D eigenvalue weighted by Crippen LogP contribution is 2.26. The molecule has 0 amide bonds. The Hall–Kier alpha value is -0.0400. The average Bonchev–Trinajstić information content (AvgIpc) is 1.81. The minimum absolute atomic E-state index is 0.380. The molecule has 0 aromatic heterocycles. The Labute approximate surface area is 81.7 Å². The smallest absolute Gasteiger partial charge is 0.320 e. The molecular weight excluding hydrogens is 217 g/mol. The number of carbonyl (C=O) groups is 1. The first kappa shape index (κ1) is 15.4. The summed E-state index contributed by atoms with van der Waals surface area (Å²) >= 11 is 3.60. The van der Waals surface area contributed by atoms with E-state index in [9.17, 15) is 4.79 Å². The van der Waals surface area contributed by atoms with Crippen molar-refractivity contribution in [1.82, 2.24) is 4.90 Å². The van der Waals surface area contributed by atoms with E-state index in [4.69, 9.17) is 19.8 Å². The van der Waals surface area contributed by atoms with E-state index in [1.807, 2.05) is 0 Å². The highest BCUT2D eigenvalue weighted by atomic mass is 32.5. The van der Waals surface area contributed by atoms with Crippen LogP contribution < -0.4 is 0 Å². The first-order valence-electron chi connectivity index (χ1n) is 3.23. The number of carboxylic acids is 1. The Morgan fingerprint density at radius 2 is 1.62 bits per heavy atom. The normalized spacial score (nSPS) is 13.2. The van der Waals surface area contributed by atoms with Gasteiger partial charge in [-0.25, -0.2) is 0 Å². The van der Waals surface area contributed by atoms with E-state index in [1.54, 1.807) is 25.9 Å². The fraction of sp³-hybridized carbons (Fsp3) is 0.800. The van der Waals surface area contributed by atoms with Crippen molar-refractivity contribution in [2.45, 2.75) is 13.0 Å². The summed E-state index contributed by atoms with van der Waals surface area (Å²) < 4.78 is 0. The number of hydrogen-bond acceptors (Lipinski definition) is 3. The van der Waals surface area contributed by atoms with Crippen molar-refractivity contribution in [3.63, 3.8) is 0 Å². The summed E-state index contributed by atoms with van der Waals surface area (Å²) in [5.41, 5.74) is 0. The maximum absolute atomic E-state index is 10.1. The highest BCUT2D eigenvalue weighted by molar-refractivity contribution is 8.06. The SMILES string of the molecule is CC(C(=O)O)N(C)C.OP(O)(O)=S. The summed E-state index contributed by atoms with van der Waals surface area (Å²) in [5, 5.41) is 8.31. The quantitative estimate of drug-likeness (QED) is 0.462. The highest BCUT2D eigenvalue weighted by Gasteiger charge is 2.11. The second kappa shape index (κ2) is 6.42. The van der Waals surface area contributed by atoms with Crippen LogP contribution in [0.25, 0.3) is 0 Å². The molecular formula is C5H14NO5PS. The third-order valence-electron chi connectivity index (χ3n) is 1.13. The third-order valence-corrected chi connectivity index (χ3v) is 1.13. The molecule has 6 nitrogen and oxygen atoms in total. The molecule has 8 heteroatoms. The van der Waals surface area contributed by atoms with Gasteiger partial charge < -0.3 is 19.8 Å². The lowest BCUT2D eigenvalue weighted by Gasteiger charge is -2.13. The van der Waals surface area contributed by atoms with E-state index >= 15 is 0 Å². The van der Waals surface area contributed by atoms with Gasteiger partial charge in [0.1, 0.15) is 6.04 Å². The number of nitrogens with zero attached hydrogens (tertiary/aromatic N) is 1. The maximum Gasteiger partial charge on any atom is 0.320 e. The van der Waals surface area contributed by atoms with Gasteiger partial charge in [-0.1, -0.05) is 0 Å². The van der Waals surface area contributed by atoms with Crippen LogP contribution in [0.15, 0.2) is 0 Å². The van der Waals surface area contributed by atoms with Crippen LogP contribution in [0.4, 0.5) is 0 Å². The topological polar surface area (TPSA) is 101 Å². The summed E-state index contributed by atoms with van der Waals surface area (Å²) in [6, 6.07) is -0.380. The van der Waals surface area contributed by atoms with Crippen LogP contribution in [0.3, 0.4) is 0 Å². The van der Waals surface area contributed by atoms with Crippen molar-refractivity contribution in [2.75, 3.05) is 14.1 Å². The van der Waals surface area contributed by atoms with Gasteiger partial charge >= 0.3 is 12.7 Å².